The lowest BCUT2D eigenvalue weighted by Gasteiger charge is -2.19. The van der Waals surface area contributed by atoms with E-state index < -0.39 is 0 Å². The second-order valence-electron chi connectivity index (χ2n) is 12.7. The number of aromatic nitrogens is 2. The van der Waals surface area contributed by atoms with Crippen molar-refractivity contribution in [3.8, 4) is 16.8 Å². The highest BCUT2D eigenvalue weighted by Crippen LogP contribution is 2.37. The van der Waals surface area contributed by atoms with Gasteiger partial charge in [-0.05, 0) is 77.8 Å². The lowest BCUT2D eigenvalue weighted by Crippen LogP contribution is -2.18. The Labute approximate surface area is 291 Å². The maximum atomic E-state index is 3.88. The summed E-state index contributed by atoms with van der Waals surface area (Å²) in [6.07, 6.45) is 2.28. The summed E-state index contributed by atoms with van der Waals surface area (Å²) in [4.78, 5) is 0. The minimum Gasteiger partial charge on any atom is -0.310 e. The monoisotopic (exact) mass is 644 g/mol. The van der Waals surface area contributed by atoms with Crippen LogP contribution in [0.2, 0.25) is 0 Å². The zero-order valence-electron chi connectivity index (χ0n) is 27.8. The number of likely N-dealkylation sites (N-methyl/N-ethyl adjacent to an activating group) is 1. The van der Waals surface area contributed by atoms with Crippen LogP contribution in [0, 0.1) is 0 Å². The molecule has 0 bridgehead atoms. The topological polar surface area (TPSA) is 33.9 Å². The zero-order valence-corrected chi connectivity index (χ0v) is 27.8. The van der Waals surface area contributed by atoms with Gasteiger partial charge in [0.2, 0.25) is 0 Å². The number of benzene rings is 7. The molecule has 0 aliphatic heterocycles. The van der Waals surface area contributed by atoms with Crippen molar-refractivity contribution < 1.29 is 0 Å². The van der Waals surface area contributed by atoms with Gasteiger partial charge in [0, 0.05) is 27.2 Å². The fraction of sp³-hybridized carbons (Fsp3) is 0.0435. The summed E-state index contributed by atoms with van der Waals surface area (Å²) in [5.41, 5.74) is 15.4. The van der Waals surface area contributed by atoms with E-state index in [0.717, 1.165) is 22.3 Å². The van der Waals surface area contributed by atoms with Crippen molar-refractivity contribution >= 4 is 49.3 Å². The summed E-state index contributed by atoms with van der Waals surface area (Å²) in [5.74, 6) is 0. The Bertz CT molecular complexity index is 2650. The van der Waals surface area contributed by atoms with Gasteiger partial charge in [-0.15, -0.1) is 0 Å². The standard InChI is InChI=1S/C46H36N4/c1-47-41(32-15-5-2-6-16-32)31-42(33-17-7-3-8-18-33)48-50-45-24-14-12-21-37(45)39-27-25-35(30-46(39)50)34-26-28-44-40(29-34)38-22-11-13-23-43(38)49(44)36-19-9-4-10-20-36/h2-31,41,47-48H,1H3/b42-31-. The minimum absolute atomic E-state index is 0.0206. The second-order valence-corrected chi connectivity index (χ2v) is 12.7. The van der Waals surface area contributed by atoms with Crippen LogP contribution in [0.1, 0.15) is 17.2 Å². The summed E-state index contributed by atoms with van der Waals surface area (Å²) < 4.78 is 4.62. The maximum Gasteiger partial charge on any atom is 0.0716 e. The van der Waals surface area contributed by atoms with Gasteiger partial charge < -0.3 is 9.88 Å². The van der Waals surface area contributed by atoms with E-state index in [1.165, 1.54) is 55.0 Å². The Morgan fingerprint density at radius 2 is 1.06 bits per heavy atom. The molecule has 0 saturated carbocycles. The molecule has 0 spiro atoms. The normalized spacial score (nSPS) is 12.6. The number of nitrogens with one attached hydrogen (secondary N) is 2. The Kier molecular flexibility index (Phi) is 7.49. The van der Waals surface area contributed by atoms with Crippen LogP contribution in [-0.2, 0) is 0 Å². The van der Waals surface area contributed by atoms with E-state index in [1.54, 1.807) is 0 Å². The van der Waals surface area contributed by atoms with E-state index in [4.69, 9.17) is 0 Å². The molecule has 240 valence electrons. The van der Waals surface area contributed by atoms with Crippen molar-refractivity contribution in [1.29, 1.82) is 0 Å². The van der Waals surface area contributed by atoms with Gasteiger partial charge in [-0.2, -0.15) is 0 Å². The Balaban J connectivity index is 1.21. The Hall–Kier alpha value is -6.36. The molecule has 0 saturated heterocycles. The van der Waals surface area contributed by atoms with E-state index >= 15 is 0 Å². The van der Waals surface area contributed by atoms with Gasteiger partial charge in [-0.1, -0.05) is 133 Å². The molecule has 50 heavy (non-hydrogen) atoms. The van der Waals surface area contributed by atoms with Gasteiger partial charge in [0.15, 0.2) is 0 Å². The van der Waals surface area contributed by atoms with E-state index in [0.29, 0.717) is 0 Å². The average molecular weight is 645 g/mol. The van der Waals surface area contributed by atoms with E-state index in [1.807, 2.05) is 7.05 Å². The summed E-state index contributed by atoms with van der Waals surface area (Å²) >= 11 is 0. The number of fused-ring (bicyclic) bond motifs is 6. The SMILES string of the molecule is CNC(/C=C(\Nn1c2ccccc2c2ccc(-c3ccc4c(c3)c3ccccc3n4-c3ccccc3)cc21)c1ccccc1)c1ccccc1. The van der Waals surface area contributed by atoms with Crippen LogP contribution in [0.3, 0.4) is 0 Å². The fourth-order valence-electron chi connectivity index (χ4n) is 7.39. The summed E-state index contributed by atoms with van der Waals surface area (Å²) in [6.45, 7) is 0. The van der Waals surface area contributed by atoms with Crippen LogP contribution in [0.25, 0.3) is 66.1 Å². The molecule has 2 heterocycles. The van der Waals surface area contributed by atoms with Gasteiger partial charge in [0.1, 0.15) is 0 Å². The molecule has 0 fully saturated rings. The first-order valence-electron chi connectivity index (χ1n) is 17.2. The first-order valence-corrected chi connectivity index (χ1v) is 17.2. The zero-order chi connectivity index (χ0) is 33.4. The third-order valence-electron chi connectivity index (χ3n) is 9.81. The van der Waals surface area contributed by atoms with Crippen molar-refractivity contribution in [1.82, 2.24) is 14.6 Å². The van der Waals surface area contributed by atoms with Crippen LogP contribution in [0.15, 0.2) is 182 Å². The number of rotatable bonds is 8. The highest BCUT2D eigenvalue weighted by atomic mass is 15.4. The molecule has 2 aromatic heterocycles. The Morgan fingerprint density at radius 3 is 1.80 bits per heavy atom. The molecule has 4 nitrogen and oxygen atoms in total. The van der Waals surface area contributed by atoms with Crippen LogP contribution in [-0.4, -0.2) is 16.3 Å². The third kappa shape index (κ3) is 5.14. The first kappa shape index (κ1) is 29.8. The number of hydrogen-bond donors (Lipinski definition) is 2. The fourth-order valence-corrected chi connectivity index (χ4v) is 7.39. The molecule has 7 aromatic carbocycles. The Morgan fingerprint density at radius 1 is 0.500 bits per heavy atom. The molecule has 4 heteroatoms. The molecule has 0 radical (unpaired) electrons. The molecule has 1 atom stereocenters. The number of para-hydroxylation sites is 3. The van der Waals surface area contributed by atoms with E-state index in [-0.39, 0.29) is 6.04 Å². The molecule has 0 amide bonds. The lowest BCUT2D eigenvalue weighted by atomic mass is 10.0. The smallest absolute Gasteiger partial charge is 0.0716 e. The molecule has 1 unspecified atom stereocenters. The van der Waals surface area contributed by atoms with Gasteiger partial charge in [0.25, 0.3) is 0 Å². The quantitative estimate of drug-likeness (QED) is 0.173. The second kappa shape index (κ2) is 12.6. The summed E-state index contributed by atoms with van der Waals surface area (Å²) in [6, 6.07) is 62.9. The van der Waals surface area contributed by atoms with E-state index in [2.05, 4.69) is 202 Å². The molecule has 9 aromatic rings. The van der Waals surface area contributed by atoms with Crippen molar-refractivity contribution in [3.05, 3.63) is 193 Å². The van der Waals surface area contributed by atoms with Gasteiger partial charge in [-0.25, -0.2) is 0 Å². The summed E-state index contributed by atoms with van der Waals surface area (Å²) in [7, 11) is 2.01. The molecule has 9 rings (SSSR count). The van der Waals surface area contributed by atoms with Gasteiger partial charge >= 0.3 is 0 Å². The minimum atomic E-state index is 0.0206. The van der Waals surface area contributed by atoms with Crippen LogP contribution in [0.5, 0.6) is 0 Å². The third-order valence-corrected chi connectivity index (χ3v) is 9.81. The predicted molar refractivity (Wildman–Crippen MR) is 211 cm³/mol. The molecule has 2 N–H and O–H groups in total. The van der Waals surface area contributed by atoms with Crippen molar-refractivity contribution in [2.24, 2.45) is 0 Å². The highest BCUT2D eigenvalue weighted by Gasteiger charge is 2.17. The van der Waals surface area contributed by atoms with Crippen molar-refractivity contribution in [2.75, 3.05) is 12.5 Å². The van der Waals surface area contributed by atoms with Gasteiger partial charge in [0.05, 0.1) is 33.8 Å². The first-order chi connectivity index (χ1) is 24.8. The summed E-state index contributed by atoms with van der Waals surface area (Å²) in [5, 5.41) is 8.43. The molecule has 0 aliphatic carbocycles. The predicted octanol–water partition coefficient (Wildman–Crippen LogP) is 11.1. The maximum absolute atomic E-state index is 3.88. The lowest BCUT2D eigenvalue weighted by molar-refractivity contribution is 0.715. The van der Waals surface area contributed by atoms with Crippen LogP contribution in [0.4, 0.5) is 0 Å². The average Bonchev–Trinajstić information content (AvgIpc) is 3.69. The van der Waals surface area contributed by atoms with Crippen molar-refractivity contribution in [3.63, 3.8) is 0 Å². The van der Waals surface area contributed by atoms with E-state index in [9.17, 15) is 0 Å². The van der Waals surface area contributed by atoms with Crippen LogP contribution >= 0.6 is 0 Å². The van der Waals surface area contributed by atoms with Gasteiger partial charge in [-0.3, -0.25) is 10.1 Å². The number of nitrogens with zero attached hydrogens (tertiary/aromatic N) is 2. The molecule has 0 aliphatic rings. The molecular formula is C46H36N4. The largest absolute Gasteiger partial charge is 0.310 e. The van der Waals surface area contributed by atoms with Crippen LogP contribution < -0.4 is 10.7 Å². The highest BCUT2D eigenvalue weighted by molar-refractivity contribution is 6.12. The molecular weight excluding hydrogens is 609 g/mol. The number of hydrogen-bond acceptors (Lipinski definition) is 2. The van der Waals surface area contributed by atoms with Crippen molar-refractivity contribution in [2.45, 2.75) is 6.04 Å².